The van der Waals surface area contributed by atoms with E-state index in [4.69, 9.17) is 22.9 Å². The third kappa shape index (κ3) is 16.1. The third-order valence-electron chi connectivity index (χ3n) is 12.5. The van der Waals surface area contributed by atoms with Crippen molar-refractivity contribution in [2.45, 2.75) is 121 Å². The molecule has 0 spiro atoms. The molecule has 0 radical (unpaired) electrons. The molecular weight excluding hydrogens is 855 g/mol. The second kappa shape index (κ2) is 25.4. The van der Waals surface area contributed by atoms with Crippen LogP contribution in [0.4, 0.5) is 0 Å². The molecule has 0 bridgehead atoms. The van der Waals surface area contributed by atoms with E-state index < -0.39 is 65.7 Å². The van der Waals surface area contributed by atoms with Crippen LogP contribution in [-0.2, 0) is 54.6 Å². The number of aryl methyl sites for hydroxylation is 2. The van der Waals surface area contributed by atoms with Gasteiger partial charge in [-0.2, -0.15) is 0 Å². The molecule has 0 saturated carbocycles. The van der Waals surface area contributed by atoms with Crippen molar-refractivity contribution in [2.24, 2.45) is 27.9 Å². The highest BCUT2D eigenvalue weighted by Gasteiger charge is 2.34. The van der Waals surface area contributed by atoms with E-state index in [-0.39, 0.29) is 63.4 Å². The Hall–Kier alpha value is -6.53. The Kier molecular flexibility index (Phi) is 19.5. The van der Waals surface area contributed by atoms with Crippen LogP contribution in [0.25, 0.3) is 0 Å². The summed E-state index contributed by atoms with van der Waals surface area (Å²) in [5.41, 5.74) is 28.0. The van der Waals surface area contributed by atoms with Gasteiger partial charge in [-0.1, -0.05) is 61.0 Å². The number of fused-ring (bicyclic) bond motifs is 1. The van der Waals surface area contributed by atoms with Crippen molar-refractivity contribution < 1.29 is 33.9 Å². The normalized spacial score (nSPS) is 16.9. The number of piperidine rings is 1. The van der Waals surface area contributed by atoms with Crippen LogP contribution in [0, 0.1) is 13.8 Å². The molecule has 18 nitrogen and oxygen atoms in total. The maximum atomic E-state index is 14.4. The van der Waals surface area contributed by atoms with Crippen molar-refractivity contribution in [3.63, 3.8) is 0 Å². The molecule has 13 N–H and O–H groups in total. The Labute approximate surface area is 393 Å². The van der Waals surface area contributed by atoms with E-state index in [0.717, 1.165) is 65.9 Å². The van der Waals surface area contributed by atoms with Crippen molar-refractivity contribution >= 4 is 41.4 Å². The summed E-state index contributed by atoms with van der Waals surface area (Å²) in [6.45, 7) is 6.65. The van der Waals surface area contributed by atoms with Crippen molar-refractivity contribution in [1.29, 1.82) is 0 Å². The standard InChI is InChI=1S/C49H69N11O7/c1-31-25-36(61)26-32(2)37(31)29-38(50)45(64)56-40(17-11-20-54-49(52)53)47(66)58-42-28-34-15-7-8-16-35(34)30-60(48(42)67)24-19-43(62)55-39(18-12-23-59-21-9-4-10-22-59)46(65)57-41(44(51)63)27-33-13-5-3-6-14-33/h3,5-8,13-16,25-26,38-42,61H,4,9-12,17-24,27-30,50H2,1-2H3,(H2,51,63)(H,55,62)(H,56,64)(H,57,65)(H,58,66)(H4,52,53,54)/t38-,39-,40+,41-,42-/m0/s1. The molecule has 0 unspecified atom stereocenters. The van der Waals surface area contributed by atoms with Crippen LogP contribution in [0.5, 0.6) is 5.75 Å². The number of rotatable bonds is 23. The molecule has 2 aliphatic rings. The first-order chi connectivity index (χ1) is 32.1. The zero-order valence-electron chi connectivity index (χ0n) is 38.8. The number of carbonyl (C=O) groups excluding carboxylic acids is 6. The summed E-state index contributed by atoms with van der Waals surface area (Å²) >= 11 is 0. The Morgan fingerprint density at radius 2 is 1.39 bits per heavy atom. The van der Waals surface area contributed by atoms with Gasteiger partial charge in [-0.25, -0.2) is 0 Å². The lowest BCUT2D eigenvalue weighted by Gasteiger charge is -2.28. The number of phenolic OH excluding ortho intramolecular Hbond substituents is 1. The quantitative estimate of drug-likeness (QED) is 0.0365. The van der Waals surface area contributed by atoms with Crippen LogP contribution in [0.3, 0.4) is 0 Å². The number of phenols is 1. The molecular formula is C49H69N11O7. The van der Waals surface area contributed by atoms with Crippen LogP contribution in [0.1, 0.15) is 84.7 Å². The van der Waals surface area contributed by atoms with Gasteiger partial charge in [0.1, 0.15) is 29.9 Å². The van der Waals surface area contributed by atoms with Gasteiger partial charge in [-0.05, 0) is 124 Å². The van der Waals surface area contributed by atoms with E-state index >= 15 is 0 Å². The molecule has 1 fully saturated rings. The average Bonchev–Trinajstić information content (AvgIpc) is 3.42. The minimum atomic E-state index is -1.11. The van der Waals surface area contributed by atoms with Gasteiger partial charge in [0, 0.05) is 38.9 Å². The average molecular weight is 924 g/mol. The second-order valence-corrected chi connectivity index (χ2v) is 17.7. The van der Waals surface area contributed by atoms with Crippen molar-refractivity contribution in [3.05, 3.63) is 100 Å². The number of aromatic hydroxyl groups is 1. The first kappa shape index (κ1) is 51.5. The number of likely N-dealkylation sites (tertiary alicyclic amines) is 1. The lowest BCUT2D eigenvalue weighted by molar-refractivity contribution is -0.138. The highest BCUT2D eigenvalue weighted by Crippen LogP contribution is 2.23. The molecule has 6 amide bonds. The van der Waals surface area contributed by atoms with Gasteiger partial charge >= 0.3 is 0 Å². The molecule has 3 aromatic rings. The molecule has 3 aromatic carbocycles. The van der Waals surface area contributed by atoms with Crippen LogP contribution in [0.15, 0.2) is 71.7 Å². The van der Waals surface area contributed by atoms with E-state index in [1.54, 1.807) is 12.1 Å². The number of nitrogens with zero attached hydrogens (tertiary/aromatic N) is 3. The van der Waals surface area contributed by atoms with E-state index in [2.05, 4.69) is 31.2 Å². The summed E-state index contributed by atoms with van der Waals surface area (Å²) < 4.78 is 0. The molecule has 2 aliphatic heterocycles. The number of nitrogens with two attached hydrogens (primary N) is 4. The minimum absolute atomic E-state index is 0.0327. The highest BCUT2D eigenvalue weighted by atomic mass is 16.3. The Morgan fingerprint density at radius 1 is 0.761 bits per heavy atom. The van der Waals surface area contributed by atoms with Crippen LogP contribution < -0.4 is 44.2 Å². The maximum absolute atomic E-state index is 14.4. The molecule has 362 valence electrons. The molecule has 0 aromatic heterocycles. The first-order valence-electron chi connectivity index (χ1n) is 23.3. The van der Waals surface area contributed by atoms with E-state index in [9.17, 15) is 33.9 Å². The topological polar surface area (TPSA) is 294 Å². The number of primary amides is 1. The number of aliphatic imine (C=N–C) groups is 1. The van der Waals surface area contributed by atoms with Gasteiger partial charge in [-0.15, -0.1) is 0 Å². The number of carbonyl (C=O) groups is 6. The van der Waals surface area contributed by atoms with Gasteiger partial charge in [-0.3, -0.25) is 33.8 Å². The van der Waals surface area contributed by atoms with Crippen molar-refractivity contribution in [1.82, 2.24) is 31.1 Å². The molecule has 67 heavy (non-hydrogen) atoms. The summed E-state index contributed by atoms with van der Waals surface area (Å²) in [4.78, 5) is 90.1. The van der Waals surface area contributed by atoms with Gasteiger partial charge in [0.15, 0.2) is 5.96 Å². The number of amides is 6. The highest BCUT2D eigenvalue weighted by molar-refractivity contribution is 5.94. The van der Waals surface area contributed by atoms with Crippen molar-refractivity contribution in [2.75, 3.05) is 32.7 Å². The SMILES string of the molecule is Cc1cc(O)cc(C)c1C[C@H](N)C(=O)N[C@H](CCCN=C(N)N)C(=O)N[C@H]1Cc2ccccc2CN(CCC(=O)N[C@@H](CCCN2CCCCC2)C(=O)N[C@@H](Cc2ccccc2)C(N)=O)C1=O. The largest absolute Gasteiger partial charge is 0.508 e. The summed E-state index contributed by atoms with van der Waals surface area (Å²) in [5.74, 6) is -3.34. The van der Waals surface area contributed by atoms with Crippen LogP contribution >= 0.6 is 0 Å². The number of guanidine groups is 1. The summed E-state index contributed by atoms with van der Waals surface area (Å²) in [6, 6.07) is 14.7. The summed E-state index contributed by atoms with van der Waals surface area (Å²) in [7, 11) is 0. The lowest BCUT2D eigenvalue weighted by Crippen LogP contribution is -2.56. The Morgan fingerprint density at radius 3 is 2.06 bits per heavy atom. The van der Waals surface area contributed by atoms with Gasteiger partial charge < -0.3 is 59.1 Å². The van der Waals surface area contributed by atoms with Crippen molar-refractivity contribution in [3.8, 4) is 5.75 Å². The Bertz CT molecular complexity index is 2190. The fraction of sp³-hybridized carbons (Fsp3) is 0.490. The third-order valence-corrected chi connectivity index (χ3v) is 12.5. The van der Waals surface area contributed by atoms with Gasteiger partial charge in [0.05, 0.1) is 6.04 Å². The zero-order chi connectivity index (χ0) is 48.5. The van der Waals surface area contributed by atoms with Crippen LogP contribution in [-0.4, -0.2) is 119 Å². The molecule has 5 rings (SSSR count). The van der Waals surface area contributed by atoms with Gasteiger partial charge in [0.2, 0.25) is 35.4 Å². The number of nitrogens with one attached hydrogen (secondary N) is 4. The predicted octanol–water partition coefficient (Wildman–Crippen LogP) is 0.841. The minimum Gasteiger partial charge on any atom is -0.508 e. The summed E-state index contributed by atoms with van der Waals surface area (Å²) in [5, 5.41) is 21.3. The second-order valence-electron chi connectivity index (χ2n) is 17.7. The molecule has 1 saturated heterocycles. The Balaban J connectivity index is 1.28. The number of benzene rings is 3. The number of hydrogen-bond acceptors (Lipinski definition) is 10. The monoisotopic (exact) mass is 924 g/mol. The molecule has 5 atom stereocenters. The van der Waals surface area contributed by atoms with E-state index in [1.165, 1.54) is 11.3 Å². The predicted molar refractivity (Wildman–Crippen MR) is 256 cm³/mol. The zero-order valence-corrected chi connectivity index (χ0v) is 38.8. The molecule has 0 aliphatic carbocycles. The van der Waals surface area contributed by atoms with E-state index in [0.29, 0.717) is 19.3 Å². The summed E-state index contributed by atoms with van der Waals surface area (Å²) in [6.07, 6.45) is 5.13. The fourth-order valence-electron chi connectivity index (χ4n) is 8.77. The number of hydrogen-bond donors (Lipinski definition) is 9. The lowest BCUT2D eigenvalue weighted by atomic mass is 9.95. The fourth-order valence-corrected chi connectivity index (χ4v) is 8.77. The smallest absolute Gasteiger partial charge is 0.245 e. The molecule has 2 heterocycles. The van der Waals surface area contributed by atoms with Crippen LogP contribution in [0.2, 0.25) is 0 Å². The first-order valence-corrected chi connectivity index (χ1v) is 23.3. The van der Waals surface area contributed by atoms with E-state index in [1.807, 2.05) is 68.4 Å². The molecule has 18 heteroatoms. The maximum Gasteiger partial charge on any atom is 0.245 e. The van der Waals surface area contributed by atoms with Gasteiger partial charge in [0.25, 0.3) is 0 Å².